The minimum Gasteiger partial charge on any atom is -0.510 e. The van der Waals surface area contributed by atoms with E-state index in [1.165, 1.54) is 0 Å². The summed E-state index contributed by atoms with van der Waals surface area (Å²) in [6.45, 7) is 4.03. The van der Waals surface area contributed by atoms with E-state index in [2.05, 4.69) is 9.71 Å². The quantitative estimate of drug-likeness (QED) is 0.345. The van der Waals surface area contributed by atoms with Gasteiger partial charge in [0.25, 0.3) is 10.0 Å². The number of esters is 1. The monoisotopic (exact) mass is 527 g/mol. The molecule has 1 unspecified atom stereocenters. The molecule has 1 aromatic heterocycles. The first-order chi connectivity index (χ1) is 16.9. The number of aliphatic hydroxyl groups excluding tert-OH is 1. The zero-order valence-corrected chi connectivity index (χ0v) is 20.7. The maximum atomic E-state index is 12.9. The van der Waals surface area contributed by atoms with Crippen LogP contribution in [0.4, 0.5) is 18.9 Å². The van der Waals surface area contributed by atoms with E-state index >= 15 is 0 Å². The molecular formula is C24H28F3N3O5S. The highest BCUT2D eigenvalue weighted by molar-refractivity contribution is 7.89. The van der Waals surface area contributed by atoms with Crippen LogP contribution in [-0.4, -0.2) is 43.2 Å². The van der Waals surface area contributed by atoms with Crippen molar-refractivity contribution in [2.24, 2.45) is 0 Å². The first-order valence-electron chi connectivity index (χ1n) is 11.4. The van der Waals surface area contributed by atoms with Crippen LogP contribution in [0.5, 0.6) is 0 Å². The standard InChI is InChI=1S/C24H28F3N3O5S/c1-3-14-30(18-8-5-4-6-9-18)21-19(31)15-23(2,35-22(21)32)12-7-13-29-36(33,34)20-11-10-17(16-28-20)24(25,26)27/h4-6,8-11,16,29,31H,3,7,12-15H2,1-2H3. The van der Waals surface area contributed by atoms with Gasteiger partial charge in [0.15, 0.2) is 10.7 Å². The Balaban J connectivity index is 1.62. The average molecular weight is 528 g/mol. The minimum atomic E-state index is -4.62. The maximum absolute atomic E-state index is 12.9. The number of hydrogen-bond acceptors (Lipinski definition) is 7. The van der Waals surface area contributed by atoms with E-state index < -0.39 is 38.4 Å². The number of rotatable bonds is 10. The van der Waals surface area contributed by atoms with Gasteiger partial charge in [-0.25, -0.2) is 22.9 Å². The van der Waals surface area contributed by atoms with Crippen molar-refractivity contribution >= 4 is 21.7 Å². The molecule has 1 aliphatic heterocycles. The number of pyridine rings is 1. The van der Waals surface area contributed by atoms with E-state index in [4.69, 9.17) is 4.74 Å². The molecule has 0 bridgehead atoms. The molecule has 2 heterocycles. The number of halogens is 3. The van der Waals surface area contributed by atoms with Crippen LogP contribution >= 0.6 is 0 Å². The molecule has 3 rings (SSSR count). The highest BCUT2D eigenvalue weighted by Gasteiger charge is 2.40. The highest BCUT2D eigenvalue weighted by atomic mass is 32.2. The Hall–Kier alpha value is -3.12. The van der Waals surface area contributed by atoms with Crippen LogP contribution in [0.2, 0.25) is 0 Å². The number of aliphatic hydroxyl groups is 1. The van der Waals surface area contributed by atoms with Gasteiger partial charge in [-0.3, -0.25) is 0 Å². The summed E-state index contributed by atoms with van der Waals surface area (Å²) in [6, 6.07) is 10.6. The number of aromatic nitrogens is 1. The van der Waals surface area contributed by atoms with Crippen molar-refractivity contribution in [1.29, 1.82) is 0 Å². The van der Waals surface area contributed by atoms with Crippen LogP contribution < -0.4 is 9.62 Å². The van der Waals surface area contributed by atoms with Crippen LogP contribution in [0.3, 0.4) is 0 Å². The van der Waals surface area contributed by atoms with Crippen molar-refractivity contribution in [3.63, 3.8) is 0 Å². The van der Waals surface area contributed by atoms with Gasteiger partial charge in [0.05, 0.1) is 5.56 Å². The lowest BCUT2D eigenvalue weighted by Crippen LogP contribution is -2.43. The number of ether oxygens (including phenoxy) is 1. The van der Waals surface area contributed by atoms with Crippen molar-refractivity contribution in [2.45, 2.75) is 56.3 Å². The number of alkyl halides is 3. The number of nitrogens with one attached hydrogen (secondary N) is 1. The predicted molar refractivity (Wildman–Crippen MR) is 127 cm³/mol. The van der Waals surface area contributed by atoms with Gasteiger partial charge in [0.1, 0.15) is 11.4 Å². The smallest absolute Gasteiger partial charge is 0.417 e. The van der Waals surface area contributed by atoms with Crippen LogP contribution in [-0.2, 0) is 25.7 Å². The fourth-order valence-electron chi connectivity index (χ4n) is 3.92. The highest BCUT2D eigenvalue weighted by Crippen LogP contribution is 2.35. The largest absolute Gasteiger partial charge is 0.510 e. The first-order valence-corrected chi connectivity index (χ1v) is 12.9. The number of anilines is 1. The minimum absolute atomic E-state index is 0.0499. The molecule has 0 aliphatic carbocycles. The van der Waals surface area contributed by atoms with Crippen molar-refractivity contribution in [3.8, 4) is 0 Å². The summed E-state index contributed by atoms with van der Waals surface area (Å²) in [5, 5.41) is 10.3. The lowest BCUT2D eigenvalue weighted by Gasteiger charge is -2.37. The summed E-state index contributed by atoms with van der Waals surface area (Å²) in [5.74, 6) is -0.784. The molecule has 1 aromatic carbocycles. The third-order valence-electron chi connectivity index (χ3n) is 5.65. The molecule has 2 aromatic rings. The van der Waals surface area contributed by atoms with Gasteiger partial charge in [0.2, 0.25) is 0 Å². The number of sulfonamides is 1. The topological polar surface area (TPSA) is 109 Å². The molecule has 1 aliphatic rings. The number of carbonyl (C=O) groups is 1. The second kappa shape index (κ2) is 10.9. The summed E-state index contributed by atoms with van der Waals surface area (Å²) in [7, 11) is -4.13. The molecule has 0 radical (unpaired) electrons. The number of cyclic esters (lactones) is 1. The van der Waals surface area contributed by atoms with E-state index in [0.29, 0.717) is 18.8 Å². The van der Waals surface area contributed by atoms with Gasteiger partial charge in [-0.1, -0.05) is 25.1 Å². The maximum Gasteiger partial charge on any atom is 0.417 e. The van der Waals surface area contributed by atoms with Gasteiger partial charge in [-0.15, -0.1) is 0 Å². The zero-order chi connectivity index (χ0) is 26.6. The Morgan fingerprint density at radius 1 is 1.19 bits per heavy atom. The fraction of sp³-hybridized carbons (Fsp3) is 0.417. The number of carbonyl (C=O) groups excluding carboxylic acids is 1. The Morgan fingerprint density at radius 2 is 1.89 bits per heavy atom. The second-order valence-electron chi connectivity index (χ2n) is 8.68. The summed E-state index contributed by atoms with van der Waals surface area (Å²) in [5.41, 5.74) is -1.29. The van der Waals surface area contributed by atoms with Crippen LogP contribution in [0.15, 0.2) is 65.1 Å². The lowest BCUT2D eigenvalue weighted by atomic mass is 9.91. The summed E-state index contributed by atoms with van der Waals surface area (Å²) < 4.78 is 70.6. The molecule has 0 fully saturated rings. The fourth-order valence-corrected chi connectivity index (χ4v) is 4.92. The van der Waals surface area contributed by atoms with Crippen molar-refractivity contribution in [3.05, 3.63) is 65.7 Å². The SMILES string of the molecule is CCCN(C1=C(O)CC(C)(CCCNS(=O)(=O)c2ccc(C(F)(F)F)cn2)OC1=O)c1ccccc1. The van der Waals surface area contributed by atoms with E-state index in [1.807, 2.05) is 37.3 Å². The van der Waals surface area contributed by atoms with E-state index in [9.17, 15) is 31.5 Å². The van der Waals surface area contributed by atoms with Gasteiger partial charge in [0, 0.05) is 31.4 Å². The molecule has 0 saturated heterocycles. The summed E-state index contributed by atoms with van der Waals surface area (Å²) in [6.07, 6.45) is -2.91. The normalized spacial score (nSPS) is 18.8. The van der Waals surface area contributed by atoms with Gasteiger partial charge in [-0.2, -0.15) is 13.2 Å². The van der Waals surface area contributed by atoms with Gasteiger partial charge >= 0.3 is 12.1 Å². The van der Waals surface area contributed by atoms with Crippen molar-refractivity contribution < 1.29 is 36.2 Å². The van der Waals surface area contributed by atoms with Crippen LogP contribution in [0.25, 0.3) is 0 Å². The molecule has 0 saturated carbocycles. The van der Waals surface area contributed by atoms with Crippen LogP contribution in [0.1, 0.15) is 45.1 Å². The Morgan fingerprint density at radius 3 is 2.44 bits per heavy atom. The molecule has 0 amide bonds. The number of benzene rings is 1. The molecular weight excluding hydrogens is 499 g/mol. The zero-order valence-electron chi connectivity index (χ0n) is 19.9. The summed E-state index contributed by atoms with van der Waals surface area (Å²) >= 11 is 0. The Bertz CT molecular complexity index is 1200. The lowest BCUT2D eigenvalue weighted by molar-refractivity contribution is -0.157. The molecule has 2 N–H and O–H groups in total. The third-order valence-corrected chi connectivity index (χ3v) is 7.02. The van der Waals surface area contributed by atoms with Crippen molar-refractivity contribution in [1.82, 2.24) is 9.71 Å². The van der Waals surface area contributed by atoms with E-state index in [0.717, 1.165) is 18.2 Å². The van der Waals surface area contributed by atoms with Gasteiger partial charge in [-0.05, 0) is 50.5 Å². The second-order valence-corrected chi connectivity index (χ2v) is 10.4. The summed E-state index contributed by atoms with van der Waals surface area (Å²) in [4.78, 5) is 18.0. The van der Waals surface area contributed by atoms with Crippen molar-refractivity contribution in [2.75, 3.05) is 18.0 Å². The molecule has 1 atom stereocenters. The Labute approximate surface area is 207 Å². The number of nitrogens with zero attached hydrogens (tertiary/aromatic N) is 2. The average Bonchev–Trinajstić information content (AvgIpc) is 2.81. The molecule has 36 heavy (non-hydrogen) atoms. The Kier molecular flexibility index (Phi) is 8.29. The van der Waals surface area contributed by atoms with E-state index in [1.54, 1.807) is 11.8 Å². The number of para-hydroxylation sites is 1. The van der Waals surface area contributed by atoms with Gasteiger partial charge < -0.3 is 14.7 Å². The van der Waals surface area contributed by atoms with Crippen LogP contribution in [0, 0.1) is 0 Å². The third kappa shape index (κ3) is 6.55. The first kappa shape index (κ1) is 27.5. The molecule has 0 spiro atoms. The molecule has 196 valence electrons. The predicted octanol–water partition coefficient (Wildman–Crippen LogP) is 4.55. The molecule has 12 heteroatoms. The van der Waals surface area contributed by atoms with E-state index in [-0.39, 0.29) is 37.3 Å². The molecule has 8 nitrogen and oxygen atoms in total. The number of hydrogen-bond donors (Lipinski definition) is 2.